The Labute approximate surface area is 145 Å². The van der Waals surface area contributed by atoms with E-state index in [4.69, 9.17) is 4.42 Å². The smallest absolute Gasteiger partial charge is 0.408 e. The summed E-state index contributed by atoms with van der Waals surface area (Å²) in [6.45, 7) is 3.86. The predicted octanol–water partition coefficient (Wildman–Crippen LogP) is 2.17. The predicted molar refractivity (Wildman–Crippen MR) is 96.4 cm³/mol. The molecule has 0 saturated heterocycles. The highest BCUT2D eigenvalue weighted by Gasteiger charge is 2.06. The van der Waals surface area contributed by atoms with Crippen LogP contribution in [0.4, 0.5) is 0 Å². The number of fused-ring (bicyclic) bond motifs is 1. The number of hydrogen-bond acceptors (Lipinski definition) is 4. The van der Waals surface area contributed by atoms with E-state index in [1.54, 1.807) is 7.05 Å². The van der Waals surface area contributed by atoms with Gasteiger partial charge in [0.25, 0.3) is 5.91 Å². The molecule has 2 aromatic carbocycles. The minimum Gasteiger partial charge on any atom is -0.408 e. The van der Waals surface area contributed by atoms with Gasteiger partial charge in [0, 0.05) is 32.2 Å². The van der Waals surface area contributed by atoms with E-state index in [9.17, 15) is 9.59 Å². The number of benzene rings is 2. The van der Waals surface area contributed by atoms with Crippen molar-refractivity contribution in [3.63, 3.8) is 0 Å². The van der Waals surface area contributed by atoms with Crippen molar-refractivity contribution in [1.29, 1.82) is 0 Å². The molecule has 130 valence electrons. The number of rotatable bonds is 6. The molecule has 0 saturated carbocycles. The van der Waals surface area contributed by atoms with Crippen molar-refractivity contribution in [2.75, 3.05) is 6.54 Å². The number of carbonyl (C=O) groups is 1. The maximum atomic E-state index is 11.7. The molecule has 0 aliphatic carbocycles. The molecule has 1 aromatic heterocycles. The molecule has 2 N–H and O–H groups in total. The molecule has 0 spiro atoms. The Morgan fingerprint density at radius 2 is 1.76 bits per heavy atom. The Kier molecular flexibility index (Phi) is 5.00. The van der Waals surface area contributed by atoms with Crippen molar-refractivity contribution >= 4 is 17.0 Å². The molecular formula is C19H21N3O3. The van der Waals surface area contributed by atoms with Crippen LogP contribution in [0.25, 0.3) is 11.1 Å². The lowest BCUT2D eigenvalue weighted by Gasteiger charge is -2.07. The molecule has 0 radical (unpaired) electrons. The number of oxazole rings is 1. The zero-order chi connectivity index (χ0) is 17.8. The molecule has 3 aromatic rings. The zero-order valence-corrected chi connectivity index (χ0v) is 14.3. The normalized spacial score (nSPS) is 11.0. The fourth-order valence-electron chi connectivity index (χ4n) is 2.68. The maximum absolute atomic E-state index is 11.7. The largest absolute Gasteiger partial charge is 0.419 e. The second-order valence-corrected chi connectivity index (χ2v) is 5.89. The van der Waals surface area contributed by atoms with Gasteiger partial charge in [-0.1, -0.05) is 18.2 Å². The quantitative estimate of drug-likeness (QED) is 0.722. The van der Waals surface area contributed by atoms with Gasteiger partial charge in [-0.25, -0.2) is 4.79 Å². The summed E-state index contributed by atoms with van der Waals surface area (Å²) in [7, 11) is 1.69. The molecule has 0 fully saturated rings. The molecule has 0 aliphatic heterocycles. The van der Waals surface area contributed by atoms with Crippen LogP contribution in [0, 0.1) is 0 Å². The number of aryl methyl sites for hydroxylation is 1. The van der Waals surface area contributed by atoms with Crippen molar-refractivity contribution < 1.29 is 9.21 Å². The van der Waals surface area contributed by atoms with E-state index in [1.807, 2.05) is 49.4 Å². The van der Waals surface area contributed by atoms with Gasteiger partial charge in [0.1, 0.15) is 0 Å². The van der Waals surface area contributed by atoms with Crippen LogP contribution in [-0.2, 0) is 20.1 Å². The number of nitrogens with one attached hydrogen (secondary N) is 2. The highest BCUT2D eigenvalue weighted by atomic mass is 16.4. The van der Waals surface area contributed by atoms with Crippen molar-refractivity contribution in [1.82, 2.24) is 15.2 Å². The van der Waals surface area contributed by atoms with Crippen LogP contribution in [0.5, 0.6) is 0 Å². The molecule has 3 rings (SSSR count). The van der Waals surface area contributed by atoms with Crippen LogP contribution in [0.1, 0.15) is 28.4 Å². The third-order valence-electron chi connectivity index (χ3n) is 4.07. The second kappa shape index (κ2) is 7.36. The van der Waals surface area contributed by atoms with E-state index in [-0.39, 0.29) is 11.7 Å². The Hall–Kier alpha value is -2.86. The van der Waals surface area contributed by atoms with Gasteiger partial charge in [0.2, 0.25) is 0 Å². The number of nitrogens with zero attached hydrogens (tertiary/aromatic N) is 1. The standard InChI is InChI=1S/C19H21N3O3/c1-3-21-18(23)15-7-4-13(5-8-15)11-20-12-14-6-9-16-17(10-14)25-19(24)22(16)2/h4-10,20H,3,11-12H2,1-2H3,(H,21,23). The van der Waals surface area contributed by atoms with Crippen LogP contribution in [0.15, 0.2) is 51.7 Å². The number of carbonyl (C=O) groups excluding carboxylic acids is 1. The van der Waals surface area contributed by atoms with Gasteiger partial charge < -0.3 is 15.1 Å². The molecule has 1 heterocycles. The SMILES string of the molecule is CCNC(=O)c1ccc(CNCc2ccc3c(c2)oc(=O)n3C)cc1. The van der Waals surface area contributed by atoms with E-state index in [0.717, 1.165) is 16.6 Å². The van der Waals surface area contributed by atoms with Crippen LogP contribution in [0.2, 0.25) is 0 Å². The monoisotopic (exact) mass is 339 g/mol. The minimum absolute atomic E-state index is 0.0559. The number of amides is 1. The van der Waals surface area contributed by atoms with E-state index in [1.165, 1.54) is 4.57 Å². The maximum Gasteiger partial charge on any atom is 0.419 e. The lowest BCUT2D eigenvalue weighted by molar-refractivity contribution is 0.0956. The minimum atomic E-state index is -0.354. The number of hydrogen-bond donors (Lipinski definition) is 2. The van der Waals surface area contributed by atoms with Crippen LogP contribution >= 0.6 is 0 Å². The van der Waals surface area contributed by atoms with Gasteiger partial charge in [0.15, 0.2) is 5.58 Å². The van der Waals surface area contributed by atoms with Crippen molar-refractivity contribution in [3.8, 4) is 0 Å². The Bertz CT molecular complexity index is 939. The first-order chi connectivity index (χ1) is 12.1. The molecule has 1 amide bonds. The lowest BCUT2D eigenvalue weighted by atomic mass is 10.1. The molecule has 0 aliphatic rings. The van der Waals surface area contributed by atoms with E-state index < -0.39 is 0 Å². The highest BCUT2D eigenvalue weighted by molar-refractivity contribution is 5.94. The summed E-state index contributed by atoms with van der Waals surface area (Å²) in [6, 6.07) is 13.3. The van der Waals surface area contributed by atoms with Crippen LogP contribution < -0.4 is 16.4 Å². The van der Waals surface area contributed by atoms with Crippen molar-refractivity contribution in [2.24, 2.45) is 7.05 Å². The van der Waals surface area contributed by atoms with Gasteiger partial charge in [-0.2, -0.15) is 0 Å². The fraction of sp³-hybridized carbons (Fsp3) is 0.263. The molecule has 6 heteroatoms. The summed E-state index contributed by atoms with van der Waals surface area (Å²) in [5.74, 6) is -0.410. The zero-order valence-electron chi connectivity index (χ0n) is 14.3. The van der Waals surface area contributed by atoms with Crippen molar-refractivity contribution in [3.05, 3.63) is 69.7 Å². The Morgan fingerprint density at radius 3 is 2.48 bits per heavy atom. The fourth-order valence-corrected chi connectivity index (χ4v) is 2.68. The van der Waals surface area contributed by atoms with Gasteiger partial charge in [0.05, 0.1) is 5.52 Å². The third kappa shape index (κ3) is 3.80. The first-order valence-corrected chi connectivity index (χ1v) is 8.25. The van der Waals surface area contributed by atoms with Gasteiger partial charge >= 0.3 is 5.76 Å². The van der Waals surface area contributed by atoms with E-state index in [0.29, 0.717) is 30.8 Å². The molecule has 25 heavy (non-hydrogen) atoms. The lowest BCUT2D eigenvalue weighted by Crippen LogP contribution is -2.22. The second-order valence-electron chi connectivity index (χ2n) is 5.89. The summed E-state index contributed by atoms with van der Waals surface area (Å²) in [4.78, 5) is 23.2. The topological polar surface area (TPSA) is 76.3 Å². The van der Waals surface area contributed by atoms with Crippen molar-refractivity contribution in [2.45, 2.75) is 20.0 Å². The van der Waals surface area contributed by atoms with Gasteiger partial charge in [-0.05, 0) is 42.3 Å². The first-order valence-electron chi connectivity index (χ1n) is 8.25. The summed E-state index contributed by atoms with van der Waals surface area (Å²) in [5.41, 5.74) is 4.18. The van der Waals surface area contributed by atoms with Gasteiger partial charge in [-0.15, -0.1) is 0 Å². The first kappa shape index (κ1) is 17.0. The molecule has 6 nitrogen and oxygen atoms in total. The van der Waals surface area contributed by atoms with Gasteiger partial charge in [-0.3, -0.25) is 9.36 Å². The van der Waals surface area contributed by atoms with Crippen LogP contribution in [0.3, 0.4) is 0 Å². The van der Waals surface area contributed by atoms with E-state index in [2.05, 4.69) is 10.6 Å². The summed E-state index contributed by atoms with van der Waals surface area (Å²) >= 11 is 0. The molecule has 0 atom stereocenters. The Balaban J connectivity index is 1.59. The van der Waals surface area contributed by atoms with E-state index >= 15 is 0 Å². The summed E-state index contributed by atoms with van der Waals surface area (Å²) < 4.78 is 6.69. The summed E-state index contributed by atoms with van der Waals surface area (Å²) in [5, 5.41) is 6.13. The average molecular weight is 339 g/mol. The average Bonchev–Trinajstić information content (AvgIpc) is 2.89. The molecule has 0 bridgehead atoms. The Morgan fingerprint density at radius 1 is 1.08 bits per heavy atom. The molecule has 0 unspecified atom stereocenters. The number of aromatic nitrogens is 1. The van der Waals surface area contributed by atoms with Crippen LogP contribution in [-0.4, -0.2) is 17.0 Å². The third-order valence-corrected chi connectivity index (χ3v) is 4.07. The molecular weight excluding hydrogens is 318 g/mol. The highest BCUT2D eigenvalue weighted by Crippen LogP contribution is 2.14. The summed E-state index contributed by atoms with van der Waals surface area (Å²) in [6.07, 6.45) is 0.